The molecule has 2 aromatic heterocycles. The van der Waals surface area contributed by atoms with Gasteiger partial charge in [-0.15, -0.1) is 0 Å². The van der Waals surface area contributed by atoms with Crippen LogP contribution in [-0.2, 0) is 0 Å². The average Bonchev–Trinajstić information content (AvgIpc) is 2.45. The van der Waals surface area contributed by atoms with Crippen molar-refractivity contribution in [2.45, 2.75) is 0 Å². The molecule has 0 amide bonds. The zero-order valence-corrected chi connectivity index (χ0v) is 9.67. The van der Waals surface area contributed by atoms with E-state index >= 15 is 0 Å². The summed E-state index contributed by atoms with van der Waals surface area (Å²) >= 11 is 0. The van der Waals surface area contributed by atoms with Crippen molar-refractivity contribution in [3.8, 4) is 0 Å². The summed E-state index contributed by atoms with van der Waals surface area (Å²) in [5.41, 5.74) is 2.06. The molecule has 0 fully saturated rings. The molecule has 0 aliphatic carbocycles. The smallest absolute Gasteiger partial charge is 0.0788 e. The van der Waals surface area contributed by atoms with Gasteiger partial charge in [0.05, 0.1) is 11.0 Å². The third kappa shape index (κ3) is 1.29. The number of hydrogen-bond donors (Lipinski definition) is 0. The molecule has 2 aromatic carbocycles. The van der Waals surface area contributed by atoms with Gasteiger partial charge in [-0.2, -0.15) is 0 Å². The highest BCUT2D eigenvalue weighted by Gasteiger charge is 2.03. The second-order valence-corrected chi connectivity index (χ2v) is 4.42. The van der Waals surface area contributed by atoms with E-state index in [1.807, 2.05) is 12.3 Å². The fraction of sp³-hybridized carbons (Fsp3) is 0. The maximum atomic E-state index is 4.77. The minimum absolute atomic E-state index is 0.994. The largest absolute Gasteiger partial charge is 0.264 e. The number of pyridine rings is 2. The van der Waals surface area contributed by atoms with E-state index in [2.05, 4.69) is 47.4 Å². The molecule has 0 saturated heterocycles. The van der Waals surface area contributed by atoms with Crippen LogP contribution in [0, 0.1) is 0 Å². The molecule has 2 heterocycles. The van der Waals surface area contributed by atoms with Gasteiger partial charge in [0.2, 0.25) is 0 Å². The summed E-state index contributed by atoms with van der Waals surface area (Å²) in [7, 11) is 0. The van der Waals surface area contributed by atoms with E-state index in [1.165, 1.54) is 10.8 Å². The Labute approximate surface area is 104 Å². The Morgan fingerprint density at radius 1 is 0.778 bits per heavy atom. The maximum Gasteiger partial charge on any atom is 0.0788 e. The summed E-state index contributed by atoms with van der Waals surface area (Å²) in [6, 6.07) is 16.7. The summed E-state index contributed by atoms with van der Waals surface area (Å²) in [6.45, 7) is 0. The quantitative estimate of drug-likeness (QED) is 0.338. The molecular formula is C16H10N2. The minimum Gasteiger partial charge on any atom is -0.264 e. The molecule has 0 saturated carbocycles. The number of benzene rings is 2. The average molecular weight is 230 g/mol. The number of fused-ring (bicyclic) bond motifs is 4. The Balaban J connectivity index is 2.27. The fourth-order valence-corrected chi connectivity index (χ4v) is 2.41. The van der Waals surface area contributed by atoms with Crippen LogP contribution in [0.5, 0.6) is 0 Å². The Bertz CT molecular complexity index is 875. The lowest BCUT2D eigenvalue weighted by atomic mass is 10.1. The molecule has 0 radical (unpaired) electrons. The van der Waals surface area contributed by atoms with Gasteiger partial charge in [-0.25, -0.2) is 4.98 Å². The van der Waals surface area contributed by atoms with Crippen molar-refractivity contribution < 1.29 is 0 Å². The van der Waals surface area contributed by atoms with E-state index in [0.717, 1.165) is 21.8 Å². The van der Waals surface area contributed by atoms with Crippen molar-refractivity contribution in [1.29, 1.82) is 0 Å². The highest BCUT2D eigenvalue weighted by atomic mass is 14.7. The standard InChI is InChI=1S/C16H10N2/c1-2-4-14-11(3-1)5-6-12-9-13-10-17-8-7-15(13)18-16(12)14/h1-10H. The van der Waals surface area contributed by atoms with Gasteiger partial charge in [-0.05, 0) is 17.5 Å². The van der Waals surface area contributed by atoms with Crippen LogP contribution in [0.1, 0.15) is 0 Å². The first-order valence-electron chi connectivity index (χ1n) is 5.94. The molecule has 2 nitrogen and oxygen atoms in total. The fourth-order valence-electron chi connectivity index (χ4n) is 2.41. The number of aromatic nitrogens is 2. The van der Waals surface area contributed by atoms with Crippen LogP contribution in [0.15, 0.2) is 60.9 Å². The molecule has 18 heavy (non-hydrogen) atoms. The number of rotatable bonds is 0. The van der Waals surface area contributed by atoms with Crippen molar-refractivity contribution in [3.05, 3.63) is 60.9 Å². The highest BCUT2D eigenvalue weighted by molar-refractivity contribution is 6.08. The van der Waals surface area contributed by atoms with E-state index in [-0.39, 0.29) is 0 Å². The SMILES string of the molecule is c1ccc2c(c1)ccc1cc3cnccc3nc12. The van der Waals surface area contributed by atoms with Gasteiger partial charge in [0.1, 0.15) is 0 Å². The monoisotopic (exact) mass is 230 g/mol. The third-order valence-corrected chi connectivity index (χ3v) is 3.30. The second-order valence-electron chi connectivity index (χ2n) is 4.42. The lowest BCUT2D eigenvalue weighted by Gasteiger charge is -2.04. The van der Waals surface area contributed by atoms with Crippen molar-refractivity contribution in [1.82, 2.24) is 9.97 Å². The van der Waals surface area contributed by atoms with Gasteiger partial charge in [-0.1, -0.05) is 36.4 Å². The molecule has 4 rings (SSSR count). The molecule has 0 aliphatic rings. The van der Waals surface area contributed by atoms with Gasteiger partial charge in [-0.3, -0.25) is 4.98 Å². The van der Waals surface area contributed by atoms with E-state index in [4.69, 9.17) is 4.98 Å². The van der Waals surface area contributed by atoms with Crippen LogP contribution in [0.2, 0.25) is 0 Å². The van der Waals surface area contributed by atoms with Gasteiger partial charge < -0.3 is 0 Å². The zero-order valence-electron chi connectivity index (χ0n) is 9.67. The Hall–Kier alpha value is -2.48. The lowest BCUT2D eigenvalue weighted by molar-refractivity contribution is 1.35. The number of hydrogen-bond acceptors (Lipinski definition) is 2. The zero-order chi connectivity index (χ0) is 11.9. The summed E-state index contributed by atoms with van der Waals surface area (Å²) in [5, 5.41) is 4.68. The van der Waals surface area contributed by atoms with E-state index in [9.17, 15) is 0 Å². The molecule has 84 valence electrons. The molecule has 0 spiro atoms. The Kier molecular flexibility index (Phi) is 1.86. The Morgan fingerprint density at radius 3 is 2.67 bits per heavy atom. The predicted octanol–water partition coefficient (Wildman–Crippen LogP) is 3.94. The minimum atomic E-state index is 0.994. The van der Waals surface area contributed by atoms with Crippen LogP contribution in [0.25, 0.3) is 32.6 Å². The van der Waals surface area contributed by atoms with Crippen LogP contribution in [-0.4, -0.2) is 9.97 Å². The third-order valence-electron chi connectivity index (χ3n) is 3.30. The van der Waals surface area contributed by atoms with Crippen LogP contribution in [0.4, 0.5) is 0 Å². The predicted molar refractivity (Wildman–Crippen MR) is 74.6 cm³/mol. The molecular weight excluding hydrogens is 220 g/mol. The maximum absolute atomic E-state index is 4.77. The van der Waals surface area contributed by atoms with E-state index < -0.39 is 0 Å². The number of nitrogens with zero attached hydrogens (tertiary/aromatic N) is 2. The molecule has 0 unspecified atom stereocenters. The van der Waals surface area contributed by atoms with Crippen LogP contribution >= 0.6 is 0 Å². The summed E-state index contributed by atoms with van der Waals surface area (Å²) < 4.78 is 0. The highest BCUT2D eigenvalue weighted by Crippen LogP contribution is 2.26. The van der Waals surface area contributed by atoms with Crippen molar-refractivity contribution >= 4 is 32.6 Å². The molecule has 0 bridgehead atoms. The van der Waals surface area contributed by atoms with Crippen LogP contribution in [0.3, 0.4) is 0 Å². The summed E-state index contributed by atoms with van der Waals surface area (Å²) in [6.07, 6.45) is 3.64. The van der Waals surface area contributed by atoms with Gasteiger partial charge in [0.25, 0.3) is 0 Å². The van der Waals surface area contributed by atoms with Crippen molar-refractivity contribution in [2.24, 2.45) is 0 Å². The normalized spacial score (nSPS) is 11.3. The lowest BCUT2D eigenvalue weighted by Crippen LogP contribution is -1.85. The molecule has 2 heteroatoms. The van der Waals surface area contributed by atoms with E-state index in [0.29, 0.717) is 0 Å². The topological polar surface area (TPSA) is 25.8 Å². The first-order chi connectivity index (χ1) is 8.92. The van der Waals surface area contributed by atoms with Gasteiger partial charge in [0, 0.05) is 28.6 Å². The Morgan fingerprint density at radius 2 is 1.67 bits per heavy atom. The van der Waals surface area contributed by atoms with Gasteiger partial charge >= 0.3 is 0 Å². The first kappa shape index (κ1) is 9.54. The van der Waals surface area contributed by atoms with E-state index in [1.54, 1.807) is 6.20 Å². The van der Waals surface area contributed by atoms with Crippen LogP contribution < -0.4 is 0 Å². The first-order valence-corrected chi connectivity index (χ1v) is 5.94. The molecule has 0 N–H and O–H groups in total. The second kappa shape index (κ2) is 3.50. The molecule has 0 aliphatic heterocycles. The molecule has 0 atom stereocenters. The van der Waals surface area contributed by atoms with Gasteiger partial charge in [0.15, 0.2) is 0 Å². The summed E-state index contributed by atoms with van der Waals surface area (Å²) in [5.74, 6) is 0. The molecule has 4 aromatic rings. The van der Waals surface area contributed by atoms with Crippen molar-refractivity contribution in [2.75, 3.05) is 0 Å². The van der Waals surface area contributed by atoms with Crippen molar-refractivity contribution in [3.63, 3.8) is 0 Å². The summed E-state index contributed by atoms with van der Waals surface area (Å²) in [4.78, 5) is 8.91.